The lowest BCUT2D eigenvalue weighted by atomic mass is 10.2. The minimum Gasteiger partial charge on any atom is -0.493 e. The number of ether oxygens (including phenoxy) is 2. The molecular formula is C22H22N4O2. The summed E-state index contributed by atoms with van der Waals surface area (Å²) in [6.45, 7) is 2.74. The molecule has 0 saturated carbocycles. The number of hydrogen-bond donors (Lipinski definition) is 1. The van der Waals surface area contributed by atoms with Crippen LogP contribution in [-0.2, 0) is 6.54 Å². The number of rotatable bonds is 6. The first-order valence-electron chi connectivity index (χ1n) is 9.02. The number of nitrogens with one attached hydrogen (secondary N) is 1. The molecule has 4 aromatic rings. The average molecular weight is 374 g/mol. The molecule has 0 aliphatic carbocycles. The first kappa shape index (κ1) is 17.9. The van der Waals surface area contributed by atoms with E-state index in [0.717, 1.165) is 33.9 Å². The molecule has 0 aliphatic rings. The fourth-order valence-corrected chi connectivity index (χ4v) is 3.20. The molecule has 142 valence electrons. The molecule has 4 rings (SSSR count). The van der Waals surface area contributed by atoms with Crippen LogP contribution in [0, 0.1) is 6.92 Å². The highest BCUT2D eigenvalue weighted by Crippen LogP contribution is 2.28. The maximum absolute atomic E-state index is 5.41. The van der Waals surface area contributed by atoms with Gasteiger partial charge in [0.05, 0.1) is 32.3 Å². The number of nitrogens with zero attached hydrogens (tertiary/aromatic N) is 3. The standard InChI is InChI=1S/C22H22N4O2/c1-15-5-4-6-17(9-15)25-22-11-19-18(12-23-22)24-14-26(19)13-16-7-8-20(27-2)21(10-16)28-3/h4-12,14H,13H2,1-3H3,(H,23,25). The van der Waals surface area contributed by atoms with Crippen molar-refractivity contribution in [3.05, 3.63) is 72.2 Å². The van der Waals surface area contributed by atoms with Crippen molar-refractivity contribution >= 4 is 22.5 Å². The monoisotopic (exact) mass is 374 g/mol. The van der Waals surface area contributed by atoms with Gasteiger partial charge in [-0.05, 0) is 42.3 Å². The van der Waals surface area contributed by atoms with Crippen molar-refractivity contribution in [2.24, 2.45) is 0 Å². The van der Waals surface area contributed by atoms with Crippen molar-refractivity contribution in [2.45, 2.75) is 13.5 Å². The summed E-state index contributed by atoms with van der Waals surface area (Å²) in [7, 11) is 3.28. The van der Waals surface area contributed by atoms with Gasteiger partial charge in [0.1, 0.15) is 11.3 Å². The van der Waals surface area contributed by atoms with Crippen LogP contribution in [0.2, 0.25) is 0 Å². The third-order valence-corrected chi connectivity index (χ3v) is 4.60. The van der Waals surface area contributed by atoms with E-state index in [1.807, 2.05) is 42.7 Å². The Kier molecular flexibility index (Phi) is 4.85. The third-order valence-electron chi connectivity index (χ3n) is 4.60. The zero-order chi connectivity index (χ0) is 19.5. The highest BCUT2D eigenvalue weighted by atomic mass is 16.5. The number of anilines is 2. The fraction of sp³-hybridized carbons (Fsp3) is 0.182. The lowest BCUT2D eigenvalue weighted by Crippen LogP contribution is -2.00. The first-order chi connectivity index (χ1) is 13.7. The van der Waals surface area contributed by atoms with Gasteiger partial charge in [-0.25, -0.2) is 9.97 Å². The number of methoxy groups -OCH3 is 2. The van der Waals surface area contributed by atoms with Gasteiger partial charge in [-0.3, -0.25) is 0 Å². The maximum atomic E-state index is 5.41. The fourth-order valence-electron chi connectivity index (χ4n) is 3.20. The predicted octanol–water partition coefficient (Wildman–Crippen LogP) is 4.55. The highest BCUT2D eigenvalue weighted by molar-refractivity contribution is 5.78. The number of fused-ring (bicyclic) bond motifs is 1. The molecule has 6 nitrogen and oxygen atoms in total. The van der Waals surface area contributed by atoms with Crippen molar-refractivity contribution in [3.63, 3.8) is 0 Å². The SMILES string of the molecule is COc1ccc(Cn2cnc3cnc(Nc4cccc(C)c4)cc32)cc1OC. The highest BCUT2D eigenvalue weighted by Gasteiger charge is 2.09. The van der Waals surface area contributed by atoms with Crippen LogP contribution < -0.4 is 14.8 Å². The Morgan fingerprint density at radius 1 is 0.964 bits per heavy atom. The second-order valence-corrected chi connectivity index (χ2v) is 6.61. The Morgan fingerprint density at radius 2 is 1.82 bits per heavy atom. The van der Waals surface area contributed by atoms with Crippen molar-refractivity contribution in [2.75, 3.05) is 19.5 Å². The number of hydrogen-bond acceptors (Lipinski definition) is 5. The van der Waals surface area contributed by atoms with Gasteiger partial charge in [-0.2, -0.15) is 0 Å². The average Bonchev–Trinajstić information content (AvgIpc) is 3.10. The lowest BCUT2D eigenvalue weighted by molar-refractivity contribution is 0.354. The number of pyridine rings is 1. The summed E-state index contributed by atoms with van der Waals surface area (Å²) in [5.41, 5.74) is 5.18. The molecule has 2 aromatic heterocycles. The van der Waals surface area contributed by atoms with Crippen molar-refractivity contribution < 1.29 is 9.47 Å². The summed E-state index contributed by atoms with van der Waals surface area (Å²) in [6, 6.07) is 16.2. The van der Waals surface area contributed by atoms with E-state index in [0.29, 0.717) is 12.3 Å². The molecule has 2 aromatic carbocycles. The van der Waals surface area contributed by atoms with Crippen LogP contribution in [0.25, 0.3) is 11.0 Å². The zero-order valence-corrected chi connectivity index (χ0v) is 16.1. The van der Waals surface area contributed by atoms with E-state index >= 15 is 0 Å². The molecular weight excluding hydrogens is 352 g/mol. The molecule has 0 radical (unpaired) electrons. The molecule has 0 fully saturated rings. The van der Waals surface area contributed by atoms with E-state index in [1.165, 1.54) is 5.56 Å². The molecule has 0 saturated heterocycles. The molecule has 0 spiro atoms. The Hall–Kier alpha value is -3.54. The summed E-state index contributed by atoms with van der Waals surface area (Å²) in [4.78, 5) is 8.95. The maximum Gasteiger partial charge on any atom is 0.161 e. The molecule has 0 amide bonds. The molecule has 0 aliphatic heterocycles. The second kappa shape index (κ2) is 7.60. The minimum absolute atomic E-state index is 0.671. The lowest BCUT2D eigenvalue weighted by Gasteiger charge is -2.11. The van der Waals surface area contributed by atoms with Crippen molar-refractivity contribution in [1.82, 2.24) is 14.5 Å². The van der Waals surface area contributed by atoms with Gasteiger partial charge in [0.15, 0.2) is 11.5 Å². The summed E-state index contributed by atoms with van der Waals surface area (Å²) in [5.74, 6) is 2.22. The van der Waals surface area contributed by atoms with Crippen LogP contribution in [0.4, 0.5) is 11.5 Å². The van der Waals surface area contributed by atoms with Gasteiger partial charge >= 0.3 is 0 Å². The van der Waals surface area contributed by atoms with Gasteiger partial charge in [0.25, 0.3) is 0 Å². The van der Waals surface area contributed by atoms with E-state index in [2.05, 4.69) is 38.9 Å². The zero-order valence-electron chi connectivity index (χ0n) is 16.1. The van der Waals surface area contributed by atoms with Gasteiger partial charge in [0.2, 0.25) is 0 Å². The predicted molar refractivity (Wildman–Crippen MR) is 111 cm³/mol. The van der Waals surface area contributed by atoms with Gasteiger partial charge in [-0.15, -0.1) is 0 Å². The number of benzene rings is 2. The minimum atomic E-state index is 0.671. The molecule has 0 unspecified atom stereocenters. The number of aromatic nitrogens is 3. The number of imidazole rings is 1. The van der Waals surface area contributed by atoms with E-state index in [-0.39, 0.29) is 0 Å². The van der Waals surface area contributed by atoms with E-state index < -0.39 is 0 Å². The molecule has 0 atom stereocenters. The van der Waals surface area contributed by atoms with Crippen LogP contribution >= 0.6 is 0 Å². The van der Waals surface area contributed by atoms with E-state index in [1.54, 1.807) is 20.4 Å². The Morgan fingerprint density at radius 3 is 2.61 bits per heavy atom. The molecule has 1 N–H and O–H groups in total. The topological polar surface area (TPSA) is 61.2 Å². The first-order valence-corrected chi connectivity index (χ1v) is 9.02. The van der Waals surface area contributed by atoms with Gasteiger partial charge in [-0.1, -0.05) is 18.2 Å². The smallest absolute Gasteiger partial charge is 0.161 e. The van der Waals surface area contributed by atoms with Crippen molar-refractivity contribution in [3.8, 4) is 11.5 Å². The molecule has 6 heteroatoms. The second-order valence-electron chi connectivity index (χ2n) is 6.61. The Balaban J connectivity index is 1.63. The molecule has 2 heterocycles. The summed E-state index contributed by atoms with van der Waals surface area (Å²) >= 11 is 0. The largest absolute Gasteiger partial charge is 0.493 e. The molecule has 0 bridgehead atoms. The van der Waals surface area contributed by atoms with Crippen LogP contribution in [-0.4, -0.2) is 28.8 Å². The van der Waals surface area contributed by atoms with Crippen LogP contribution in [0.3, 0.4) is 0 Å². The van der Waals surface area contributed by atoms with Gasteiger partial charge in [0, 0.05) is 18.3 Å². The third kappa shape index (κ3) is 3.62. The Labute approximate surface area is 163 Å². The quantitative estimate of drug-likeness (QED) is 0.536. The van der Waals surface area contributed by atoms with Crippen LogP contribution in [0.1, 0.15) is 11.1 Å². The normalized spacial score (nSPS) is 10.8. The number of aryl methyl sites for hydroxylation is 1. The summed E-state index contributed by atoms with van der Waals surface area (Å²) in [6.07, 6.45) is 3.62. The Bertz CT molecular complexity index is 1120. The van der Waals surface area contributed by atoms with Crippen LogP contribution in [0.5, 0.6) is 11.5 Å². The molecule has 28 heavy (non-hydrogen) atoms. The van der Waals surface area contributed by atoms with E-state index in [4.69, 9.17) is 9.47 Å². The van der Waals surface area contributed by atoms with E-state index in [9.17, 15) is 0 Å². The van der Waals surface area contributed by atoms with Crippen molar-refractivity contribution in [1.29, 1.82) is 0 Å². The van der Waals surface area contributed by atoms with Crippen LogP contribution in [0.15, 0.2) is 61.1 Å². The summed E-state index contributed by atoms with van der Waals surface area (Å²) < 4.78 is 12.8. The summed E-state index contributed by atoms with van der Waals surface area (Å²) in [5, 5.41) is 3.36. The van der Waals surface area contributed by atoms with Gasteiger partial charge < -0.3 is 19.4 Å².